The maximum atomic E-state index is 12.4. The lowest BCUT2D eigenvalue weighted by Crippen LogP contribution is -2.25. The molecule has 1 aromatic carbocycles. The first-order chi connectivity index (χ1) is 11.4. The van der Waals surface area contributed by atoms with E-state index in [0.717, 1.165) is 31.7 Å². The van der Waals surface area contributed by atoms with Gasteiger partial charge < -0.3 is 4.98 Å². The van der Waals surface area contributed by atoms with E-state index in [9.17, 15) is 4.79 Å². The van der Waals surface area contributed by atoms with Crippen LogP contribution in [0.5, 0.6) is 0 Å². The highest BCUT2D eigenvalue weighted by molar-refractivity contribution is 9.10. The van der Waals surface area contributed by atoms with Crippen LogP contribution in [0.4, 0.5) is 0 Å². The van der Waals surface area contributed by atoms with Gasteiger partial charge in [-0.05, 0) is 51.1 Å². The predicted molar refractivity (Wildman–Crippen MR) is 104 cm³/mol. The molecule has 0 aliphatic carbocycles. The van der Waals surface area contributed by atoms with Crippen molar-refractivity contribution in [2.45, 2.75) is 33.4 Å². The molecule has 1 atom stereocenters. The second-order valence-corrected chi connectivity index (χ2v) is 8.25. The van der Waals surface area contributed by atoms with Crippen molar-refractivity contribution >= 4 is 37.5 Å². The first kappa shape index (κ1) is 17.3. The van der Waals surface area contributed by atoms with E-state index in [2.05, 4.69) is 44.9 Å². The minimum absolute atomic E-state index is 0.0217. The van der Waals surface area contributed by atoms with E-state index in [1.165, 1.54) is 5.56 Å². The monoisotopic (exact) mass is 405 g/mol. The molecule has 0 fully saturated rings. The molecule has 0 amide bonds. The van der Waals surface area contributed by atoms with E-state index < -0.39 is 0 Å². The summed E-state index contributed by atoms with van der Waals surface area (Å²) in [5, 5.41) is 0.726. The van der Waals surface area contributed by atoms with Gasteiger partial charge in [0.15, 0.2) is 0 Å². The summed E-state index contributed by atoms with van der Waals surface area (Å²) in [6.07, 6.45) is 0. The molecule has 0 aliphatic rings. The summed E-state index contributed by atoms with van der Waals surface area (Å²) in [5.74, 6) is 0.716. The van der Waals surface area contributed by atoms with Crippen LogP contribution in [0.3, 0.4) is 0 Å². The smallest absolute Gasteiger partial charge is 0.259 e. The molecule has 0 aliphatic heterocycles. The van der Waals surface area contributed by atoms with Gasteiger partial charge >= 0.3 is 0 Å². The largest absolute Gasteiger partial charge is 0.309 e. The Morgan fingerprint density at radius 3 is 2.62 bits per heavy atom. The standard InChI is InChI=1S/C18H20BrN3OS/c1-10-12(3)24-18-15(10)17(23)20-16(21-18)11(2)22(4)9-13-5-7-14(19)8-6-13/h5-8,11H,9H2,1-4H3,(H,20,21,23). The zero-order chi connectivity index (χ0) is 17.4. The highest BCUT2D eigenvalue weighted by atomic mass is 79.9. The molecule has 126 valence electrons. The number of nitrogens with zero attached hydrogens (tertiary/aromatic N) is 2. The number of nitrogens with one attached hydrogen (secondary N) is 1. The lowest BCUT2D eigenvalue weighted by atomic mass is 10.2. The van der Waals surface area contributed by atoms with Crippen LogP contribution in [0.1, 0.15) is 34.8 Å². The Morgan fingerprint density at radius 1 is 1.29 bits per heavy atom. The topological polar surface area (TPSA) is 49.0 Å². The third kappa shape index (κ3) is 3.31. The third-order valence-corrected chi connectivity index (χ3v) is 6.09. The Balaban J connectivity index is 1.88. The molecule has 6 heteroatoms. The molecule has 4 nitrogen and oxygen atoms in total. The number of aryl methyl sites for hydroxylation is 2. The third-order valence-electron chi connectivity index (χ3n) is 4.46. The minimum atomic E-state index is -0.0410. The summed E-state index contributed by atoms with van der Waals surface area (Å²) >= 11 is 5.04. The lowest BCUT2D eigenvalue weighted by molar-refractivity contribution is 0.244. The molecule has 0 saturated heterocycles. The Bertz CT molecular complexity index is 930. The van der Waals surface area contributed by atoms with Crippen molar-refractivity contribution in [1.82, 2.24) is 14.9 Å². The molecule has 2 aromatic heterocycles. The number of H-pyrrole nitrogens is 1. The number of halogens is 1. The molecule has 0 saturated carbocycles. The molecule has 1 unspecified atom stereocenters. The molecule has 3 aromatic rings. The van der Waals surface area contributed by atoms with Gasteiger partial charge in [0.1, 0.15) is 10.7 Å². The maximum Gasteiger partial charge on any atom is 0.259 e. The number of hydrogen-bond donors (Lipinski definition) is 1. The number of thiophene rings is 1. The van der Waals surface area contributed by atoms with Gasteiger partial charge in [-0.1, -0.05) is 28.1 Å². The highest BCUT2D eigenvalue weighted by Gasteiger charge is 2.18. The Hall–Kier alpha value is -1.50. The zero-order valence-corrected chi connectivity index (χ0v) is 16.6. The van der Waals surface area contributed by atoms with Gasteiger partial charge in [-0.15, -0.1) is 11.3 Å². The van der Waals surface area contributed by atoms with Crippen LogP contribution >= 0.6 is 27.3 Å². The average molecular weight is 406 g/mol. The van der Waals surface area contributed by atoms with Crippen LogP contribution in [0.15, 0.2) is 33.5 Å². The minimum Gasteiger partial charge on any atom is -0.309 e. The van der Waals surface area contributed by atoms with Crippen LogP contribution in [-0.4, -0.2) is 21.9 Å². The van der Waals surface area contributed by atoms with Gasteiger partial charge in [0.25, 0.3) is 5.56 Å². The molecular formula is C18H20BrN3OS. The number of hydrogen-bond acceptors (Lipinski definition) is 4. The molecule has 0 bridgehead atoms. The van der Waals surface area contributed by atoms with Crippen LogP contribution in [0.2, 0.25) is 0 Å². The molecule has 1 N–H and O–H groups in total. The molecule has 24 heavy (non-hydrogen) atoms. The van der Waals surface area contributed by atoms with Crippen molar-refractivity contribution in [3.05, 3.63) is 60.9 Å². The quantitative estimate of drug-likeness (QED) is 0.691. The first-order valence-electron chi connectivity index (χ1n) is 7.81. The van der Waals surface area contributed by atoms with Crippen molar-refractivity contribution < 1.29 is 0 Å². The van der Waals surface area contributed by atoms with E-state index in [-0.39, 0.29) is 11.6 Å². The van der Waals surface area contributed by atoms with Gasteiger partial charge in [0.2, 0.25) is 0 Å². The fourth-order valence-electron chi connectivity index (χ4n) is 2.69. The highest BCUT2D eigenvalue weighted by Crippen LogP contribution is 2.27. The number of fused-ring (bicyclic) bond motifs is 1. The SMILES string of the molecule is Cc1sc2nc(C(C)N(C)Cc3ccc(Br)cc3)[nH]c(=O)c2c1C. The van der Waals surface area contributed by atoms with Crippen LogP contribution in [0.25, 0.3) is 10.2 Å². The zero-order valence-electron chi connectivity index (χ0n) is 14.2. The fourth-order valence-corrected chi connectivity index (χ4v) is 3.99. The Kier molecular flexibility index (Phi) is 4.90. The number of aromatic nitrogens is 2. The van der Waals surface area contributed by atoms with Gasteiger partial charge in [0, 0.05) is 15.9 Å². The van der Waals surface area contributed by atoms with Crippen LogP contribution in [-0.2, 0) is 6.54 Å². The van der Waals surface area contributed by atoms with Crippen LogP contribution in [0, 0.1) is 13.8 Å². The molecule has 0 spiro atoms. The Morgan fingerprint density at radius 2 is 1.96 bits per heavy atom. The molecule has 2 heterocycles. The summed E-state index contributed by atoms with van der Waals surface area (Å²) < 4.78 is 1.07. The van der Waals surface area contributed by atoms with E-state index in [4.69, 9.17) is 4.98 Å². The molecule has 3 rings (SSSR count). The van der Waals surface area contributed by atoms with Crippen molar-refractivity contribution in [3.8, 4) is 0 Å². The Labute approximate surface area is 153 Å². The van der Waals surface area contributed by atoms with Crippen molar-refractivity contribution in [2.24, 2.45) is 0 Å². The van der Waals surface area contributed by atoms with Gasteiger partial charge in [-0.2, -0.15) is 0 Å². The van der Waals surface area contributed by atoms with Crippen molar-refractivity contribution in [3.63, 3.8) is 0 Å². The normalized spacial score (nSPS) is 12.9. The molecular weight excluding hydrogens is 386 g/mol. The lowest BCUT2D eigenvalue weighted by Gasteiger charge is -2.24. The summed E-state index contributed by atoms with van der Waals surface area (Å²) in [6, 6.07) is 8.29. The summed E-state index contributed by atoms with van der Waals surface area (Å²) in [5.41, 5.74) is 2.21. The van der Waals surface area contributed by atoms with Crippen LogP contribution < -0.4 is 5.56 Å². The van der Waals surface area contributed by atoms with Gasteiger partial charge in [0.05, 0.1) is 11.4 Å². The fraction of sp³-hybridized carbons (Fsp3) is 0.333. The summed E-state index contributed by atoms with van der Waals surface area (Å²) in [4.78, 5) is 24.3. The van der Waals surface area contributed by atoms with Crippen molar-refractivity contribution in [2.75, 3.05) is 7.05 Å². The van der Waals surface area contributed by atoms with E-state index in [1.54, 1.807) is 11.3 Å². The first-order valence-corrected chi connectivity index (χ1v) is 9.42. The van der Waals surface area contributed by atoms with Gasteiger partial charge in [-0.25, -0.2) is 4.98 Å². The second kappa shape index (κ2) is 6.78. The summed E-state index contributed by atoms with van der Waals surface area (Å²) in [7, 11) is 2.04. The van der Waals surface area contributed by atoms with Crippen molar-refractivity contribution in [1.29, 1.82) is 0 Å². The van der Waals surface area contributed by atoms with Gasteiger partial charge in [-0.3, -0.25) is 9.69 Å². The number of aromatic amines is 1. The maximum absolute atomic E-state index is 12.4. The molecule has 0 radical (unpaired) electrons. The van der Waals surface area contributed by atoms with E-state index in [1.807, 2.05) is 33.0 Å². The summed E-state index contributed by atoms with van der Waals surface area (Å²) in [6.45, 7) is 6.87. The van der Waals surface area contributed by atoms with E-state index in [0.29, 0.717) is 5.82 Å². The number of rotatable bonds is 4. The average Bonchev–Trinajstić information content (AvgIpc) is 2.83. The van der Waals surface area contributed by atoms with E-state index >= 15 is 0 Å². The number of benzene rings is 1. The predicted octanol–water partition coefficient (Wildman–Crippen LogP) is 4.56. The second-order valence-electron chi connectivity index (χ2n) is 6.13.